The van der Waals surface area contributed by atoms with Crippen LogP contribution in [-0.4, -0.2) is 29.1 Å². The van der Waals surface area contributed by atoms with E-state index in [4.69, 9.17) is 5.11 Å². The maximum Gasteiger partial charge on any atom is 0.308 e. The van der Waals surface area contributed by atoms with Gasteiger partial charge in [-0.15, -0.1) is 11.3 Å². The van der Waals surface area contributed by atoms with E-state index in [0.29, 0.717) is 0 Å². The third-order valence-electron chi connectivity index (χ3n) is 2.77. The van der Waals surface area contributed by atoms with Crippen molar-refractivity contribution in [2.45, 2.75) is 26.3 Å². The second kappa shape index (κ2) is 4.33. The standard InChI is InChI=1S/C11H15NO2S/c1-2-12-4-3-10-8(7-12)5-9(15-10)6-11(13)14/h5H,2-4,6-7H2,1H3,(H,13,14). The average Bonchev–Trinajstić information content (AvgIpc) is 2.57. The summed E-state index contributed by atoms with van der Waals surface area (Å²) >= 11 is 1.67. The monoisotopic (exact) mass is 225 g/mol. The fourth-order valence-electron chi connectivity index (χ4n) is 1.96. The molecule has 0 unspecified atom stereocenters. The van der Waals surface area contributed by atoms with Crippen molar-refractivity contribution in [2.75, 3.05) is 13.1 Å². The summed E-state index contributed by atoms with van der Waals surface area (Å²) < 4.78 is 0. The molecule has 3 nitrogen and oxygen atoms in total. The zero-order valence-corrected chi connectivity index (χ0v) is 9.64. The Morgan fingerprint density at radius 2 is 2.47 bits per heavy atom. The van der Waals surface area contributed by atoms with Crippen LogP contribution >= 0.6 is 11.3 Å². The Bertz CT molecular complexity index is 373. The minimum atomic E-state index is -0.735. The molecule has 1 aromatic heterocycles. The van der Waals surface area contributed by atoms with Gasteiger partial charge in [0.1, 0.15) is 0 Å². The first-order valence-corrected chi connectivity index (χ1v) is 6.05. The smallest absolute Gasteiger partial charge is 0.308 e. The molecule has 0 aromatic carbocycles. The van der Waals surface area contributed by atoms with Gasteiger partial charge in [0.05, 0.1) is 6.42 Å². The van der Waals surface area contributed by atoms with Gasteiger partial charge in [-0.2, -0.15) is 0 Å². The minimum absolute atomic E-state index is 0.170. The number of hydrogen-bond acceptors (Lipinski definition) is 3. The Labute approximate surface area is 93.3 Å². The summed E-state index contributed by atoms with van der Waals surface area (Å²) in [4.78, 5) is 15.4. The Hall–Kier alpha value is -0.870. The second-order valence-corrected chi connectivity index (χ2v) is 5.07. The molecule has 0 aliphatic carbocycles. The highest BCUT2D eigenvalue weighted by Gasteiger charge is 2.18. The van der Waals surface area contributed by atoms with E-state index in [9.17, 15) is 4.79 Å². The van der Waals surface area contributed by atoms with E-state index in [0.717, 1.165) is 30.9 Å². The van der Waals surface area contributed by atoms with Crippen LogP contribution in [0.1, 0.15) is 22.2 Å². The van der Waals surface area contributed by atoms with Gasteiger partial charge in [0, 0.05) is 22.8 Å². The predicted octanol–water partition coefficient (Wildman–Crippen LogP) is 1.75. The van der Waals surface area contributed by atoms with Crippen molar-refractivity contribution in [3.05, 3.63) is 21.4 Å². The molecule has 1 aliphatic heterocycles. The molecule has 0 atom stereocenters. The molecule has 0 radical (unpaired) electrons. The summed E-state index contributed by atoms with van der Waals surface area (Å²) in [6.07, 6.45) is 1.25. The fourth-order valence-corrected chi connectivity index (χ4v) is 3.12. The quantitative estimate of drug-likeness (QED) is 0.852. The lowest BCUT2D eigenvalue weighted by Crippen LogP contribution is -2.29. The van der Waals surface area contributed by atoms with Gasteiger partial charge in [0.15, 0.2) is 0 Å². The number of hydrogen-bond donors (Lipinski definition) is 1. The Morgan fingerprint density at radius 1 is 1.67 bits per heavy atom. The van der Waals surface area contributed by atoms with Gasteiger partial charge < -0.3 is 5.11 Å². The Kier molecular flexibility index (Phi) is 3.07. The number of likely N-dealkylation sites (N-methyl/N-ethyl adjacent to an activating group) is 1. The largest absolute Gasteiger partial charge is 0.481 e. The first kappa shape index (κ1) is 10.6. The maximum absolute atomic E-state index is 10.6. The number of nitrogens with zero attached hydrogens (tertiary/aromatic N) is 1. The molecule has 82 valence electrons. The fraction of sp³-hybridized carbons (Fsp3) is 0.545. The molecule has 2 heterocycles. The number of aliphatic carboxylic acids is 1. The molecule has 15 heavy (non-hydrogen) atoms. The lowest BCUT2D eigenvalue weighted by atomic mass is 10.1. The zero-order chi connectivity index (χ0) is 10.8. The van der Waals surface area contributed by atoms with Crippen molar-refractivity contribution in [2.24, 2.45) is 0 Å². The third kappa shape index (κ3) is 2.38. The molecule has 4 heteroatoms. The number of thiophene rings is 1. The van der Waals surface area contributed by atoms with E-state index < -0.39 is 5.97 Å². The van der Waals surface area contributed by atoms with Crippen LogP contribution in [0, 0.1) is 0 Å². The Morgan fingerprint density at radius 3 is 3.13 bits per heavy atom. The summed E-state index contributed by atoms with van der Waals surface area (Å²) in [7, 11) is 0. The average molecular weight is 225 g/mol. The summed E-state index contributed by atoms with van der Waals surface area (Å²) in [5.74, 6) is -0.735. The van der Waals surface area contributed by atoms with Crippen LogP contribution in [0.3, 0.4) is 0 Å². The highest BCUT2D eigenvalue weighted by molar-refractivity contribution is 7.12. The molecule has 2 rings (SSSR count). The first-order valence-electron chi connectivity index (χ1n) is 5.23. The summed E-state index contributed by atoms with van der Waals surface area (Å²) in [6, 6.07) is 2.07. The molecule has 0 spiro atoms. The van der Waals surface area contributed by atoms with Gasteiger partial charge in [-0.3, -0.25) is 9.69 Å². The lowest BCUT2D eigenvalue weighted by molar-refractivity contribution is -0.136. The van der Waals surface area contributed by atoms with Crippen LogP contribution in [0.4, 0.5) is 0 Å². The van der Waals surface area contributed by atoms with E-state index in [1.165, 1.54) is 10.4 Å². The number of fused-ring (bicyclic) bond motifs is 1. The van der Waals surface area contributed by atoms with Gasteiger partial charge in [-0.1, -0.05) is 6.92 Å². The molecule has 0 saturated heterocycles. The van der Waals surface area contributed by atoms with E-state index in [-0.39, 0.29) is 6.42 Å². The molecule has 1 aromatic rings. The molecule has 1 aliphatic rings. The predicted molar refractivity (Wildman–Crippen MR) is 60.3 cm³/mol. The molecule has 0 bridgehead atoms. The van der Waals surface area contributed by atoms with Crippen molar-refractivity contribution in [3.63, 3.8) is 0 Å². The number of carbonyl (C=O) groups is 1. The summed E-state index contributed by atoms with van der Waals surface area (Å²) in [6.45, 7) is 5.33. The number of rotatable bonds is 3. The van der Waals surface area contributed by atoms with Gasteiger partial charge >= 0.3 is 5.97 Å². The van der Waals surface area contributed by atoms with Crippen LogP contribution in [0.2, 0.25) is 0 Å². The first-order chi connectivity index (χ1) is 7.19. The second-order valence-electron chi connectivity index (χ2n) is 3.85. The molecule has 1 N–H and O–H groups in total. The minimum Gasteiger partial charge on any atom is -0.481 e. The lowest BCUT2D eigenvalue weighted by Gasteiger charge is -2.24. The van der Waals surface area contributed by atoms with Crippen molar-refractivity contribution >= 4 is 17.3 Å². The van der Waals surface area contributed by atoms with Crippen LogP contribution in [0.25, 0.3) is 0 Å². The highest BCUT2D eigenvalue weighted by Crippen LogP contribution is 2.28. The summed E-state index contributed by atoms with van der Waals surface area (Å²) in [5, 5.41) is 8.72. The number of carboxylic acids is 1. The SMILES string of the molecule is CCN1CCc2sc(CC(=O)O)cc2C1. The molecular formula is C11H15NO2S. The normalized spacial score (nSPS) is 16.3. The van der Waals surface area contributed by atoms with Crippen molar-refractivity contribution in [1.29, 1.82) is 0 Å². The van der Waals surface area contributed by atoms with Gasteiger partial charge in [-0.05, 0) is 24.6 Å². The van der Waals surface area contributed by atoms with Gasteiger partial charge in [0.2, 0.25) is 0 Å². The maximum atomic E-state index is 10.6. The van der Waals surface area contributed by atoms with E-state index >= 15 is 0 Å². The van der Waals surface area contributed by atoms with Crippen LogP contribution in [-0.2, 0) is 24.2 Å². The van der Waals surface area contributed by atoms with Crippen molar-refractivity contribution in [1.82, 2.24) is 4.90 Å². The zero-order valence-electron chi connectivity index (χ0n) is 8.82. The van der Waals surface area contributed by atoms with Crippen LogP contribution in [0.15, 0.2) is 6.07 Å². The highest BCUT2D eigenvalue weighted by atomic mass is 32.1. The van der Waals surface area contributed by atoms with Crippen LogP contribution < -0.4 is 0 Å². The number of carboxylic acid groups (broad SMARTS) is 1. The van der Waals surface area contributed by atoms with Crippen molar-refractivity contribution < 1.29 is 9.90 Å². The summed E-state index contributed by atoms with van der Waals surface area (Å²) in [5.41, 5.74) is 1.34. The Balaban J connectivity index is 2.14. The van der Waals surface area contributed by atoms with E-state index in [2.05, 4.69) is 17.9 Å². The molecule has 0 fully saturated rings. The molecular weight excluding hydrogens is 210 g/mol. The van der Waals surface area contributed by atoms with Crippen molar-refractivity contribution in [3.8, 4) is 0 Å². The van der Waals surface area contributed by atoms with E-state index in [1.54, 1.807) is 11.3 Å². The van der Waals surface area contributed by atoms with E-state index in [1.807, 2.05) is 0 Å². The third-order valence-corrected chi connectivity index (χ3v) is 4.01. The molecule has 0 amide bonds. The van der Waals surface area contributed by atoms with Crippen LogP contribution in [0.5, 0.6) is 0 Å². The van der Waals surface area contributed by atoms with Gasteiger partial charge in [-0.25, -0.2) is 0 Å². The van der Waals surface area contributed by atoms with Gasteiger partial charge in [0.25, 0.3) is 0 Å². The molecule has 0 saturated carbocycles. The topological polar surface area (TPSA) is 40.5 Å².